The Labute approximate surface area is 174 Å². The molecule has 3 aromatic carbocycles. The Morgan fingerprint density at radius 3 is 2.28 bits per heavy atom. The molecule has 0 bridgehead atoms. The second-order valence-corrected chi connectivity index (χ2v) is 8.71. The largest absolute Gasteiger partial charge is 0.495 e. The van der Waals surface area contributed by atoms with Crippen molar-refractivity contribution in [2.75, 3.05) is 22.9 Å². The lowest BCUT2D eigenvalue weighted by atomic mass is 10.3. The average Bonchev–Trinajstić information content (AvgIpc) is 2.73. The van der Waals surface area contributed by atoms with Crippen molar-refractivity contribution in [3.63, 3.8) is 0 Å². The van der Waals surface area contributed by atoms with E-state index in [0.717, 1.165) is 4.90 Å². The fourth-order valence-corrected chi connectivity index (χ4v) is 4.30. The molecule has 29 heavy (non-hydrogen) atoms. The number of carbonyl (C=O) groups is 1. The average molecular weight is 429 g/mol. The molecule has 3 aromatic rings. The van der Waals surface area contributed by atoms with Crippen LogP contribution >= 0.6 is 11.8 Å². The Bertz CT molecular complexity index is 1070. The zero-order chi connectivity index (χ0) is 20.7. The highest BCUT2D eigenvalue weighted by molar-refractivity contribution is 8.00. The van der Waals surface area contributed by atoms with Gasteiger partial charge in [0.2, 0.25) is 5.91 Å². The van der Waals surface area contributed by atoms with E-state index in [1.54, 1.807) is 36.4 Å². The van der Waals surface area contributed by atoms with Gasteiger partial charge in [0, 0.05) is 10.6 Å². The van der Waals surface area contributed by atoms with E-state index in [4.69, 9.17) is 4.74 Å². The predicted octanol–water partition coefficient (Wildman–Crippen LogP) is 4.23. The first kappa shape index (κ1) is 20.8. The van der Waals surface area contributed by atoms with Gasteiger partial charge >= 0.3 is 0 Å². The zero-order valence-corrected chi connectivity index (χ0v) is 17.3. The number of benzene rings is 3. The highest BCUT2D eigenvalue weighted by atomic mass is 32.2. The number of para-hydroxylation sites is 2. The Morgan fingerprint density at radius 1 is 0.931 bits per heavy atom. The third-order valence-electron chi connectivity index (χ3n) is 3.91. The zero-order valence-electron chi connectivity index (χ0n) is 15.7. The number of thioether (sulfide) groups is 1. The van der Waals surface area contributed by atoms with Crippen LogP contribution in [0.15, 0.2) is 88.7 Å². The summed E-state index contributed by atoms with van der Waals surface area (Å²) < 4.78 is 32.9. The lowest BCUT2D eigenvalue weighted by Gasteiger charge is -2.12. The van der Waals surface area contributed by atoms with Gasteiger partial charge in [-0.2, -0.15) is 0 Å². The molecule has 0 aliphatic carbocycles. The molecule has 1 amide bonds. The topological polar surface area (TPSA) is 84.5 Å². The molecule has 3 rings (SSSR count). The first-order valence-corrected chi connectivity index (χ1v) is 11.2. The maximum atomic E-state index is 12.6. The first-order chi connectivity index (χ1) is 14.0. The second-order valence-electron chi connectivity index (χ2n) is 5.98. The van der Waals surface area contributed by atoms with Crippen LogP contribution in [0.25, 0.3) is 0 Å². The number of nitrogens with one attached hydrogen (secondary N) is 2. The Balaban J connectivity index is 1.62. The monoisotopic (exact) mass is 428 g/mol. The molecule has 150 valence electrons. The normalized spacial score (nSPS) is 10.9. The van der Waals surface area contributed by atoms with Crippen LogP contribution in [-0.2, 0) is 14.8 Å². The van der Waals surface area contributed by atoms with Gasteiger partial charge in [-0.25, -0.2) is 8.42 Å². The van der Waals surface area contributed by atoms with Crippen LogP contribution in [0.3, 0.4) is 0 Å². The molecule has 0 saturated heterocycles. The lowest BCUT2D eigenvalue weighted by molar-refractivity contribution is -0.113. The van der Waals surface area contributed by atoms with Crippen molar-refractivity contribution >= 4 is 39.1 Å². The number of methoxy groups -OCH3 is 1. The van der Waals surface area contributed by atoms with Crippen molar-refractivity contribution in [1.82, 2.24) is 0 Å². The van der Waals surface area contributed by atoms with E-state index in [9.17, 15) is 13.2 Å². The summed E-state index contributed by atoms with van der Waals surface area (Å²) in [5.74, 6) is 0.525. The number of sulfonamides is 1. The SMILES string of the molecule is COc1ccccc1NS(=O)(=O)c1ccc(NC(=O)CSc2ccccc2)cc1. The summed E-state index contributed by atoms with van der Waals surface area (Å²) in [6, 6.07) is 22.4. The van der Waals surface area contributed by atoms with Crippen molar-refractivity contribution in [3.05, 3.63) is 78.9 Å². The molecule has 0 saturated carbocycles. The van der Waals surface area contributed by atoms with Crippen molar-refractivity contribution < 1.29 is 17.9 Å². The molecule has 0 unspecified atom stereocenters. The maximum absolute atomic E-state index is 12.6. The van der Waals surface area contributed by atoms with E-state index in [1.807, 2.05) is 30.3 Å². The van der Waals surface area contributed by atoms with Gasteiger partial charge in [0.1, 0.15) is 5.75 Å². The summed E-state index contributed by atoms with van der Waals surface area (Å²) >= 11 is 1.43. The number of rotatable bonds is 8. The molecule has 0 radical (unpaired) electrons. The summed E-state index contributed by atoms with van der Waals surface area (Å²) in [4.78, 5) is 13.2. The van der Waals surface area contributed by atoms with E-state index >= 15 is 0 Å². The molecule has 6 nitrogen and oxygen atoms in total. The Morgan fingerprint density at radius 2 is 1.59 bits per heavy atom. The summed E-state index contributed by atoms with van der Waals surface area (Å²) in [6.45, 7) is 0. The Kier molecular flexibility index (Phi) is 6.79. The van der Waals surface area contributed by atoms with Gasteiger partial charge in [0.25, 0.3) is 10.0 Å². The standard InChI is InChI=1S/C21H20N2O4S2/c1-27-20-10-6-5-9-19(20)23-29(25,26)18-13-11-16(12-14-18)22-21(24)15-28-17-7-3-2-4-8-17/h2-14,23H,15H2,1H3,(H,22,24). The summed E-state index contributed by atoms with van der Waals surface area (Å²) in [7, 11) is -2.31. The summed E-state index contributed by atoms with van der Waals surface area (Å²) in [6.07, 6.45) is 0. The molecule has 0 spiro atoms. The fraction of sp³-hybridized carbons (Fsp3) is 0.0952. The first-order valence-electron chi connectivity index (χ1n) is 8.71. The van der Waals surface area contributed by atoms with E-state index in [0.29, 0.717) is 17.1 Å². The number of anilines is 2. The van der Waals surface area contributed by atoms with Crippen molar-refractivity contribution in [2.24, 2.45) is 0 Å². The van der Waals surface area contributed by atoms with Crippen LogP contribution in [-0.4, -0.2) is 27.2 Å². The van der Waals surface area contributed by atoms with Gasteiger partial charge in [0.15, 0.2) is 0 Å². The van der Waals surface area contributed by atoms with Gasteiger partial charge < -0.3 is 10.1 Å². The maximum Gasteiger partial charge on any atom is 0.262 e. The van der Waals surface area contributed by atoms with Crippen molar-refractivity contribution in [2.45, 2.75) is 9.79 Å². The number of ether oxygens (including phenoxy) is 1. The third-order valence-corrected chi connectivity index (χ3v) is 6.31. The molecule has 0 aliphatic heterocycles. The fourth-order valence-electron chi connectivity index (χ4n) is 2.51. The predicted molar refractivity (Wildman–Crippen MR) is 116 cm³/mol. The van der Waals surface area contributed by atoms with Gasteiger partial charge in [-0.1, -0.05) is 30.3 Å². The smallest absolute Gasteiger partial charge is 0.262 e. The molecule has 0 heterocycles. The van der Waals surface area contributed by atoms with Crippen LogP contribution in [0.2, 0.25) is 0 Å². The number of hydrogen-bond donors (Lipinski definition) is 2. The Hall–Kier alpha value is -2.97. The third kappa shape index (κ3) is 5.75. The second kappa shape index (κ2) is 9.49. The van der Waals surface area contributed by atoms with Gasteiger partial charge in [0.05, 0.1) is 23.4 Å². The minimum absolute atomic E-state index is 0.0834. The molecule has 0 fully saturated rings. The quantitative estimate of drug-likeness (QED) is 0.525. The van der Waals surface area contributed by atoms with Gasteiger partial charge in [-0.05, 0) is 48.5 Å². The minimum atomic E-state index is -3.78. The number of hydrogen-bond acceptors (Lipinski definition) is 5. The van der Waals surface area contributed by atoms with Gasteiger partial charge in [-0.3, -0.25) is 9.52 Å². The van der Waals surface area contributed by atoms with E-state index < -0.39 is 10.0 Å². The lowest BCUT2D eigenvalue weighted by Crippen LogP contribution is -2.15. The van der Waals surface area contributed by atoms with Crippen LogP contribution in [0.1, 0.15) is 0 Å². The van der Waals surface area contributed by atoms with Crippen molar-refractivity contribution in [1.29, 1.82) is 0 Å². The molecule has 8 heteroatoms. The molecule has 0 aromatic heterocycles. The highest BCUT2D eigenvalue weighted by Gasteiger charge is 2.16. The van der Waals surface area contributed by atoms with E-state index in [-0.39, 0.29) is 16.6 Å². The van der Waals surface area contributed by atoms with E-state index in [1.165, 1.54) is 31.0 Å². The van der Waals surface area contributed by atoms with Crippen LogP contribution in [0.5, 0.6) is 5.75 Å². The minimum Gasteiger partial charge on any atom is -0.495 e. The molecular weight excluding hydrogens is 408 g/mol. The number of carbonyl (C=O) groups excluding carboxylic acids is 1. The molecule has 0 atom stereocenters. The molecular formula is C21H20N2O4S2. The van der Waals surface area contributed by atoms with Crippen molar-refractivity contribution in [3.8, 4) is 5.75 Å². The number of amides is 1. The van der Waals surface area contributed by atoms with E-state index in [2.05, 4.69) is 10.0 Å². The summed E-state index contributed by atoms with van der Waals surface area (Å²) in [5, 5.41) is 2.76. The molecule has 0 aliphatic rings. The molecule has 2 N–H and O–H groups in total. The summed E-state index contributed by atoms with van der Waals surface area (Å²) in [5.41, 5.74) is 0.880. The highest BCUT2D eigenvalue weighted by Crippen LogP contribution is 2.26. The van der Waals surface area contributed by atoms with Crippen LogP contribution in [0, 0.1) is 0 Å². The van der Waals surface area contributed by atoms with Crippen LogP contribution < -0.4 is 14.8 Å². The van der Waals surface area contributed by atoms with Gasteiger partial charge in [-0.15, -0.1) is 11.8 Å². The van der Waals surface area contributed by atoms with Crippen LogP contribution in [0.4, 0.5) is 11.4 Å².